The van der Waals surface area contributed by atoms with Crippen LogP contribution in [0.15, 0.2) is 54.6 Å². The summed E-state index contributed by atoms with van der Waals surface area (Å²) in [6, 6.07) is 17.5. The van der Waals surface area contributed by atoms with Gasteiger partial charge >= 0.3 is 6.09 Å². The molecule has 5 nitrogen and oxygen atoms in total. The van der Waals surface area contributed by atoms with Gasteiger partial charge in [-0.05, 0) is 90.4 Å². The smallest absolute Gasteiger partial charge is 0.407 e. The van der Waals surface area contributed by atoms with Crippen LogP contribution in [0.2, 0.25) is 5.02 Å². The molecule has 0 aromatic heterocycles. The second-order valence-electron chi connectivity index (χ2n) is 8.15. The van der Waals surface area contributed by atoms with Crippen molar-refractivity contribution >= 4 is 29.3 Å². The lowest BCUT2D eigenvalue weighted by Gasteiger charge is -2.13. The van der Waals surface area contributed by atoms with Crippen LogP contribution in [0.3, 0.4) is 0 Å². The average molecular weight is 449 g/mol. The Morgan fingerprint density at radius 1 is 0.969 bits per heavy atom. The second kappa shape index (κ2) is 9.05. The summed E-state index contributed by atoms with van der Waals surface area (Å²) in [6.45, 7) is 3.93. The lowest BCUT2D eigenvalue weighted by molar-refractivity contribution is 0.102. The van der Waals surface area contributed by atoms with Crippen LogP contribution in [0.1, 0.15) is 32.6 Å². The van der Waals surface area contributed by atoms with E-state index in [1.807, 2.05) is 68.4 Å². The number of aryl methyl sites for hydroxylation is 2. The van der Waals surface area contributed by atoms with E-state index in [4.69, 9.17) is 16.3 Å². The first kappa shape index (κ1) is 21.9. The largest absolute Gasteiger partial charge is 0.453 e. The van der Waals surface area contributed by atoms with E-state index in [0.29, 0.717) is 12.0 Å². The van der Waals surface area contributed by atoms with Crippen LogP contribution in [0.25, 0.3) is 11.1 Å². The van der Waals surface area contributed by atoms with Gasteiger partial charge in [0.25, 0.3) is 5.91 Å². The summed E-state index contributed by atoms with van der Waals surface area (Å²) >= 11 is 6.33. The minimum Gasteiger partial charge on any atom is -0.453 e. The quantitative estimate of drug-likeness (QED) is 0.538. The van der Waals surface area contributed by atoms with Crippen molar-refractivity contribution in [2.75, 3.05) is 12.4 Å². The molecule has 2 N–H and O–H groups in total. The molecule has 0 spiro atoms. The molecule has 1 aliphatic rings. The molecule has 0 aliphatic heterocycles. The standard InChI is InChI=1S/C26H25ClN2O3/c1-15-10-19(11-16(2)24(15)27)22-6-4-5-7-23(22)25(30)28-20-9-8-17-12-21(14-18(17)13-20)29-26(31)32-3/h4-11,13,21H,12,14H2,1-3H3,(H,28,30)(H,29,31)/t21-/m1/s1. The molecule has 2 amide bonds. The topological polar surface area (TPSA) is 67.4 Å². The molecular weight excluding hydrogens is 424 g/mol. The minimum atomic E-state index is -0.430. The summed E-state index contributed by atoms with van der Waals surface area (Å²) < 4.78 is 4.69. The van der Waals surface area contributed by atoms with Gasteiger partial charge in [0.2, 0.25) is 0 Å². The number of carbonyl (C=O) groups is 2. The summed E-state index contributed by atoms with van der Waals surface area (Å²) in [7, 11) is 1.36. The SMILES string of the molecule is COC(=O)N[C@@H]1Cc2ccc(NC(=O)c3ccccc3-c3cc(C)c(Cl)c(C)c3)cc2C1. The van der Waals surface area contributed by atoms with Crippen molar-refractivity contribution in [3.05, 3.63) is 87.4 Å². The first-order valence-electron chi connectivity index (χ1n) is 10.5. The van der Waals surface area contributed by atoms with Gasteiger partial charge in [0.15, 0.2) is 0 Å². The Kier molecular flexibility index (Phi) is 6.19. The number of hydrogen-bond acceptors (Lipinski definition) is 3. The van der Waals surface area contributed by atoms with Crippen LogP contribution < -0.4 is 10.6 Å². The summed E-state index contributed by atoms with van der Waals surface area (Å²) in [6.07, 6.45) is 1.02. The number of anilines is 1. The average Bonchev–Trinajstić information content (AvgIpc) is 3.18. The lowest BCUT2D eigenvalue weighted by atomic mass is 9.96. The highest BCUT2D eigenvalue weighted by atomic mass is 35.5. The third-order valence-electron chi connectivity index (χ3n) is 5.82. The molecule has 0 heterocycles. The Hall–Kier alpha value is -3.31. The fourth-order valence-electron chi connectivity index (χ4n) is 4.26. The molecular formula is C26H25ClN2O3. The van der Waals surface area contributed by atoms with E-state index < -0.39 is 6.09 Å². The van der Waals surface area contributed by atoms with E-state index in [-0.39, 0.29) is 11.9 Å². The molecule has 6 heteroatoms. The first-order chi connectivity index (χ1) is 15.4. The van der Waals surface area contributed by atoms with Crippen LogP contribution in [0.4, 0.5) is 10.5 Å². The number of rotatable bonds is 4. The van der Waals surface area contributed by atoms with Crippen molar-refractivity contribution in [1.82, 2.24) is 5.32 Å². The summed E-state index contributed by atoms with van der Waals surface area (Å²) in [5.74, 6) is -0.173. The molecule has 1 aliphatic carbocycles. The zero-order valence-electron chi connectivity index (χ0n) is 18.3. The number of benzene rings is 3. The Bertz CT molecular complexity index is 1180. The highest BCUT2D eigenvalue weighted by Gasteiger charge is 2.24. The van der Waals surface area contributed by atoms with E-state index in [2.05, 4.69) is 10.6 Å². The fraction of sp³-hybridized carbons (Fsp3) is 0.231. The Labute approximate surface area is 192 Å². The number of halogens is 1. The van der Waals surface area contributed by atoms with Crippen LogP contribution in [0, 0.1) is 13.8 Å². The van der Waals surface area contributed by atoms with Crippen molar-refractivity contribution in [1.29, 1.82) is 0 Å². The van der Waals surface area contributed by atoms with Gasteiger partial charge in [0, 0.05) is 22.3 Å². The van der Waals surface area contributed by atoms with E-state index in [0.717, 1.165) is 50.5 Å². The first-order valence-corrected chi connectivity index (χ1v) is 10.9. The molecule has 164 valence electrons. The van der Waals surface area contributed by atoms with Gasteiger partial charge < -0.3 is 15.4 Å². The third-order valence-corrected chi connectivity index (χ3v) is 6.42. The van der Waals surface area contributed by atoms with Gasteiger partial charge in [-0.1, -0.05) is 35.9 Å². The number of carbonyl (C=O) groups excluding carboxylic acids is 2. The third kappa shape index (κ3) is 4.48. The highest BCUT2D eigenvalue weighted by Crippen LogP contribution is 2.31. The predicted molar refractivity (Wildman–Crippen MR) is 127 cm³/mol. The lowest BCUT2D eigenvalue weighted by Crippen LogP contribution is -2.35. The van der Waals surface area contributed by atoms with Crippen molar-refractivity contribution in [2.24, 2.45) is 0 Å². The number of alkyl carbamates (subject to hydrolysis) is 1. The molecule has 0 saturated carbocycles. The zero-order valence-corrected chi connectivity index (χ0v) is 19.0. The van der Waals surface area contributed by atoms with Crippen LogP contribution in [0.5, 0.6) is 0 Å². The second-order valence-corrected chi connectivity index (χ2v) is 8.53. The van der Waals surface area contributed by atoms with E-state index in [9.17, 15) is 9.59 Å². The molecule has 1 atom stereocenters. The normalized spacial score (nSPS) is 14.6. The molecule has 0 bridgehead atoms. The molecule has 32 heavy (non-hydrogen) atoms. The molecule has 4 rings (SSSR count). The number of ether oxygens (including phenoxy) is 1. The number of amides is 2. The maximum Gasteiger partial charge on any atom is 0.407 e. The van der Waals surface area contributed by atoms with Crippen molar-refractivity contribution < 1.29 is 14.3 Å². The van der Waals surface area contributed by atoms with Crippen molar-refractivity contribution in [3.63, 3.8) is 0 Å². The van der Waals surface area contributed by atoms with Gasteiger partial charge in [-0.25, -0.2) is 4.79 Å². The van der Waals surface area contributed by atoms with Crippen molar-refractivity contribution in [3.8, 4) is 11.1 Å². The molecule has 0 fully saturated rings. The molecule has 0 unspecified atom stereocenters. The summed E-state index contributed by atoms with van der Waals surface area (Å²) in [4.78, 5) is 24.7. The Morgan fingerprint density at radius 3 is 2.38 bits per heavy atom. The van der Waals surface area contributed by atoms with Gasteiger partial charge in [-0.2, -0.15) is 0 Å². The number of methoxy groups -OCH3 is 1. The molecule has 0 saturated heterocycles. The van der Waals surface area contributed by atoms with Crippen LogP contribution in [-0.4, -0.2) is 25.2 Å². The number of fused-ring (bicyclic) bond motifs is 1. The van der Waals surface area contributed by atoms with Crippen molar-refractivity contribution in [2.45, 2.75) is 32.7 Å². The fourth-order valence-corrected chi connectivity index (χ4v) is 4.37. The molecule has 3 aromatic carbocycles. The predicted octanol–water partition coefficient (Wildman–Crippen LogP) is 5.70. The summed E-state index contributed by atoms with van der Waals surface area (Å²) in [5.41, 5.74) is 7.37. The van der Waals surface area contributed by atoms with Gasteiger partial charge in [0.1, 0.15) is 0 Å². The summed E-state index contributed by atoms with van der Waals surface area (Å²) in [5, 5.41) is 6.61. The van der Waals surface area contributed by atoms with E-state index in [1.165, 1.54) is 7.11 Å². The molecule has 0 radical (unpaired) electrons. The Balaban J connectivity index is 1.56. The van der Waals surface area contributed by atoms with Crippen LogP contribution in [-0.2, 0) is 17.6 Å². The number of hydrogen-bond donors (Lipinski definition) is 2. The van der Waals surface area contributed by atoms with E-state index in [1.54, 1.807) is 0 Å². The molecule has 3 aromatic rings. The minimum absolute atomic E-state index is 0.000474. The maximum atomic E-state index is 13.2. The maximum absolute atomic E-state index is 13.2. The van der Waals surface area contributed by atoms with Crippen LogP contribution >= 0.6 is 11.6 Å². The van der Waals surface area contributed by atoms with Gasteiger partial charge in [-0.15, -0.1) is 0 Å². The monoisotopic (exact) mass is 448 g/mol. The Morgan fingerprint density at radius 2 is 1.66 bits per heavy atom. The van der Waals surface area contributed by atoms with Gasteiger partial charge in [0.05, 0.1) is 7.11 Å². The number of nitrogens with one attached hydrogen (secondary N) is 2. The van der Waals surface area contributed by atoms with E-state index >= 15 is 0 Å². The zero-order chi connectivity index (χ0) is 22.8. The van der Waals surface area contributed by atoms with Gasteiger partial charge in [-0.3, -0.25) is 4.79 Å². The highest BCUT2D eigenvalue weighted by molar-refractivity contribution is 6.32.